The summed E-state index contributed by atoms with van der Waals surface area (Å²) in [5.41, 5.74) is 4.36. The Morgan fingerprint density at radius 2 is 1.69 bits per heavy atom. The highest BCUT2D eigenvalue weighted by Gasteiger charge is 2.51. The van der Waals surface area contributed by atoms with E-state index in [1.54, 1.807) is 17.8 Å². The predicted octanol–water partition coefficient (Wildman–Crippen LogP) is 6.78. The number of likely N-dealkylation sites (tertiary alicyclic amines) is 1. The van der Waals surface area contributed by atoms with Gasteiger partial charge in [0, 0.05) is 87.4 Å². The first-order valence-electron chi connectivity index (χ1n) is 24.5. The summed E-state index contributed by atoms with van der Waals surface area (Å²) in [5.74, 6) is -1.97. The summed E-state index contributed by atoms with van der Waals surface area (Å²) in [6.45, 7) is 9.91. The third kappa shape index (κ3) is 8.17. The molecule has 5 aliphatic heterocycles. The summed E-state index contributed by atoms with van der Waals surface area (Å²) >= 11 is 0. The van der Waals surface area contributed by atoms with E-state index in [1.807, 2.05) is 44.4 Å². The zero-order chi connectivity index (χ0) is 47.2. The van der Waals surface area contributed by atoms with Crippen LogP contribution in [0.5, 0.6) is 5.75 Å². The van der Waals surface area contributed by atoms with Crippen molar-refractivity contribution < 1.29 is 27.8 Å². The molecule has 8 heterocycles. The van der Waals surface area contributed by atoms with Crippen molar-refractivity contribution in [3.8, 4) is 5.75 Å². The van der Waals surface area contributed by atoms with Crippen molar-refractivity contribution in [2.24, 2.45) is 37.3 Å². The van der Waals surface area contributed by atoms with Crippen LogP contribution in [-0.2, 0) is 18.9 Å². The summed E-state index contributed by atoms with van der Waals surface area (Å²) in [6, 6.07) is 7.92. The number of fused-ring (bicyclic) bond motifs is 4. The number of aliphatic hydroxyl groups excluding tert-OH is 1. The van der Waals surface area contributed by atoms with Crippen LogP contribution in [0.3, 0.4) is 0 Å². The molecule has 0 radical (unpaired) electrons. The van der Waals surface area contributed by atoms with Crippen LogP contribution in [0.4, 0.5) is 42.0 Å². The summed E-state index contributed by atoms with van der Waals surface area (Å²) in [4.78, 5) is 42.0. The molecule has 2 aromatic carbocycles. The molecule has 3 aromatic heterocycles. The van der Waals surface area contributed by atoms with Crippen molar-refractivity contribution in [1.82, 2.24) is 34.5 Å². The minimum atomic E-state index is -3.12. The molecule has 2 unspecified atom stereocenters. The number of nitrogens with zero attached hydrogens (tertiary/aromatic N) is 8. The molecule has 6 aliphatic rings. The topological polar surface area (TPSA) is 158 Å². The molecule has 1 aliphatic carbocycles. The number of carbonyl (C=O) groups is 1. The van der Waals surface area contributed by atoms with E-state index >= 15 is 13.2 Å². The molecule has 362 valence electrons. The van der Waals surface area contributed by atoms with E-state index in [4.69, 9.17) is 14.7 Å². The molecule has 4 N–H and O–H groups in total. The average molecular weight is 938 g/mol. The smallest absolute Gasteiger partial charge is 0.301 e. The van der Waals surface area contributed by atoms with Crippen molar-refractivity contribution in [3.63, 3.8) is 0 Å². The number of aliphatic hydroxyl groups is 1. The Hall–Kier alpha value is -5.62. The van der Waals surface area contributed by atoms with Gasteiger partial charge in [-0.1, -0.05) is 6.92 Å². The Labute approximate surface area is 393 Å². The number of carbonyl (C=O) groups excluding carboxylic acids is 1. The fourth-order valence-electron chi connectivity index (χ4n) is 11.9. The number of amides is 1. The van der Waals surface area contributed by atoms with E-state index in [9.17, 15) is 14.7 Å². The second-order valence-electron chi connectivity index (χ2n) is 20.9. The first-order chi connectivity index (χ1) is 32.6. The quantitative estimate of drug-likeness (QED) is 0.130. The van der Waals surface area contributed by atoms with Crippen molar-refractivity contribution in [3.05, 3.63) is 64.0 Å². The Bertz CT molecular complexity index is 2830. The standard InChI is InChI=1S/C50H62F3N11O4/c1-28-24-54-48(58-45(28)55-32-7-9-37-34(21-32)42-43(47(67)60(37)3)68-27-50(52,53)44(57-42)30-5-6-30)63-19-14-49(15-20-63)12-17-62(18-13-49)26-31-11-16-64(25-29(31)2)39-23-38-35(22-36(39)51)41(59-61(38)4)33-8-10-40(65)56-46(33)66/h7,9,21-24,29-31,33,44,46,57,66H,5-6,8,10-20,25-27H2,1-4H3,(H,56,65)(H,54,55,58)/t29-,31+,33?,44-,46?/m0/s1. The minimum Gasteiger partial charge on any atom is -0.480 e. The second-order valence-corrected chi connectivity index (χ2v) is 20.9. The van der Waals surface area contributed by atoms with Crippen LogP contribution >= 0.6 is 0 Å². The maximum Gasteiger partial charge on any atom is 0.301 e. The van der Waals surface area contributed by atoms with Gasteiger partial charge in [0.2, 0.25) is 17.6 Å². The number of piperidine rings is 4. The Morgan fingerprint density at radius 3 is 2.43 bits per heavy atom. The lowest BCUT2D eigenvalue weighted by Crippen LogP contribution is -2.49. The highest BCUT2D eigenvalue weighted by molar-refractivity contribution is 5.97. The number of ether oxygens (including phenoxy) is 1. The van der Waals surface area contributed by atoms with Crippen LogP contribution in [0.15, 0.2) is 41.3 Å². The lowest BCUT2D eigenvalue weighted by atomic mass is 9.71. The highest BCUT2D eigenvalue weighted by atomic mass is 19.3. The maximum absolute atomic E-state index is 15.9. The van der Waals surface area contributed by atoms with E-state index in [0.29, 0.717) is 93.7 Å². The van der Waals surface area contributed by atoms with Gasteiger partial charge in [-0.2, -0.15) is 10.1 Å². The number of hydrogen-bond donors (Lipinski definition) is 4. The Kier molecular flexibility index (Phi) is 11.3. The number of pyridine rings is 1. The highest BCUT2D eigenvalue weighted by Crippen LogP contribution is 2.47. The number of aromatic nitrogens is 5. The van der Waals surface area contributed by atoms with Crippen molar-refractivity contribution >= 4 is 56.5 Å². The molecule has 15 nitrogen and oxygen atoms in total. The van der Waals surface area contributed by atoms with E-state index in [2.05, 4.69) is 42.7 Å². The van der Waals surface area contributed by atoms with Crippen LogP contribution in [0.1, 0.15) is 81.9 Å². The first-order valence-corrected chi connectivity index (χ1v) is 24.5. The molecule has 68 heavy (non-hydrogen) atoms. The summed E-state index contributed by atoms with van der Waals surface area (Å²) in [7, 11) is 3.48. The molecule has 0 bridgehead atoms. The fraction of sp³-hybridized carbons (Fsp3) is 0.580. The number of hydrogen-bond acceptors (Lipinski definition) is 12. The number of rotatable bonds is 8. The molecule has 18 heteroatoms. The number of aryl methyl sites for hydroxylation is 3. The SMILES string of the molecule is Cc1cnc(N2CCC3(CCN(C[C@H]4CCN(c5cc6c(cc5F)c(C5CCC(=O)NC5O)nn6C)C[C@@H]4C)CC3)CC2)nc1Nc1ccc2c(c1)c1c(c(=O)n2C)OCC(F)(F)[C@H](C2CC2)N1. The van der Waals surface area contributed by atoms with E-state index in [1.165, 1.54) is 4.57 Å². The lowest BCUT2D eigenvalue weighted by Gasteiger charge is -2.48. The molecule has 11 rings (SSSR count). The van der Waals surface area contributed by atoms with E-state index in [0.717, 1.165) is 89.0 Å². The average Bonchev–Trinajstić information content (AvgIpc) is 4.13. The van der Waals surface area contributed by atoms with Gasteiger partial charge in [-0.05, 0) is 125 Å². The molecule has 5 aromatic rings. The van der Waals surface area contributed by atoms with Gasteiger partial charge in [0.1, 0.15) is 17.9 Å². The van der Waals surface area contributed by atoms with Gasteiger partial charge < -0.3 is 45.1 Å². The van der Waals surface area contributed by atoms with Crippen LogP contribution in [0, 0.1) is 35.9 Å². The Morgan fingerprint density at radius 1 is 0.926 bits per heavy atom. The monoisotopic (exact) mass is 937 g/mol. The maximum atomic E-state index is 15.9. The van der Waals surface area contributed by atoms with E-state index < -0.39 is 30.4 Å². The molecule has 5 atom stereocenters. The van der Waals surface area contributed by atoms with Gasteiger partial charge in [0.05, 0.1) is 34.1 Å². The zero-order valence-electron chi connectivity index (χ0n) is 39.3. The first kappa shape index (κ1) is 44.9. The van der Waals surface area contributed by atoms with Gasteiger partial charge >= 0.3 is 5.92 Å². The van der Waals surface area contributed by atoms with Gasteiger partial charge in [-0.25, -0.2) is 18.2 Å². The van der Waals surface area contributed by atoms with Crippen LogP contribution in [-0.4, -0.2) is 111 Å². The summed E-state index contributed by atoms with van der Waals surface area (Å²) in [6.07, 6.45) is 8.46. The largest absolute Gasteiger partial charge is 0.480 e. The number of benzene rings is 2. The number of anilines is 5. The molecular weight excluding hydrogens is 876 g/mol. The van der Waals surface area contributed by atoms with Crippen molar-refractivity contribution in [2.75, 3.05) is 72.9 Å². The molecule has 5 fully saturated rings. The fourth-order valence-corrected chi connectivity index (χ4v) is 11.9. The molecule has 1 spiro atoms. The third-order valence-corrected chi connectivity index (χ3v) is 16.4. The van der Waals surface area contributed by atoms with Gasteiger partial charge in [0.25, 0.3) is 5.56 Å². The van der Waals surface area contributed by atoms with Gasteiger partial charge in [-0.3, -0.25) is 14.3 Å². The number of halogens is 3. The normalized spacial score (nSPS) is 26.3. The molecule has 4 saturated heterocycles. The van der Waals surface area contributed by atoms with Gasteiger partial charge in [-0.15, -0.1) is 0 Å². The lowest BCUT2D eigenvalue weighted by molar-refractivity contribution is -0.127. The van der Waals surface area contributed by atoms with Crippen molar-refractivity contribution in [2.45, 2.75) is 95.7 Å². The molecule has 1 amide bonds. The second kappa shape index (κ2) is 17.1. The summed E-state index contributed by atoms with van der Waals surface area (Å²) < 4.78 is 55.1. The third-order valence-electron chi connectivity index (χ3n) is 16.4. The van der Waals surface area contributed by atoms with Crippen LogP contribution in [0.2, 0.25) is 0 Å². The van der Waals surface area contributed by atoms with Gasteiger partial charge in [0.15, 0.2) is 6.61 Å². The summed E-state index contributed by atoms with van der Waals surface area (Å²) in [5, 5.41) is 25.7. The number of nitrogens with one attached hydrogen (secondary N) is 3. The molecule has 1 saturated carbocycles. The Balaban J connectivity index is 0.699. The predicted molar refractivity (Wildman–Crippen MR) is 256 cm³/mol. The van der Waals surface area contributed by atoms with Crippen LogP contribution in [0.25, 0.3) is 21.8 Å². The minimum absolute atomic E-state index is 0.0797. The van der Waals surface area contributed by atoms with E-state index in [-0.39, 0.29) is 29.3 Å². The zero-order valence-corrected chi connectivity index (χ0v) is 39.3. The van der Waals surface area contributed by atoms with Crippen molar-refractivity contribution in [1.29, 1.82) is 0 Å². The number of alkyl halides is 2. The van der Waals surface area contributed by atoms with Crippen LogP contribution < -0.4 is 36.0 Å². The molecular formula is C50H62F3N11O4.